The molecule has 0 aliphatic heterocycles. The average molecular weight is 250 g/mol. The van der Waals surface area contributed by atoms with Gasteiger partial charge >= 0.3 is 6.03 Å². The first kappa shape index (κ1) is 13.7. The lowest BCUT2D eigenvalue weighted by atomic mass is 10.1. The number of hydrogen-bond acceptors (Lipinski definition) is 4. The largest absolute Gasteiger partial charge is 0.483 e. The Hall–Kier alpha value is -2.37. The van der Waals surface area contributed by atoms with Crippen molar-refractivity contribution in [1.82, 2.24) is 5.32 Å². The summed E-state index contributed by atoms with van der Waals surface area (Å²) in [6.07, 6.45) is 0.341. The van der Waals surface area contributed by atoms with Crippen molar-refractivity contribution in [3.63, 3.8) is 0 Å². The second kappa shape index (κ2) is 6.39. The number of amides is 3. The molecular weight excluding hydrogens is 236 g/mol. The van der Waals surface area contributed by atoms with E-state index in [4.69, 9.17) is 10.5 Å². The van der Waals surface area contributed by atoms with Gasteiger partial charge in [-0.3, -0.25) is 14.9 Å². The van der Waals surface area contributed by atoms with Crippen molar-refractivity contribution in [1.29, 1.82) is 0 Å². The third-order valence-electron chi connectivity index (χ3n) is 2.13. The average Bonchev–Trinajstić information content (AvgIpc) is 2.35. The minimum Gasteiger partial charge on any atom is -0.483 e. The highest BCUT2D eigenvalue weighted by atomic mass is 16.5. The third kappa shape index (κ3) is 3.89. The Morgan fingerprint density at radius 3 is 2.56 bits per heavy atom. The van der Waals surface area contributed by atoms with Crippen LogP contribution in [0, 0.1) is 0 Å². The molecule has 6 heteroatoms. The Labute approximate surface area is 104 Å². The molecule has 0 atom stereocenters. The van der Waals surface area contributed by atoms with Crippen LogP contribution >= 0.6 is 0 Å². The zero-order valence-electron chi connectivity index (χ0n) is 9.93. The summed E-state index contributed by atoms with van der Waals surface area (Å²) in [5, 5.41) is 1.87. The number of carbonyl (C=O) groups excluding carboxylic acids is 3. The third-order valence-corrected chi connectivity index (χ3v) is 2.13. The molecule has 0 spiro atoms. The molecule has 0 bridgehead atoms. The monoisotopic (exact) mass is 250 g/mol. The molecule has 0 saturated carbocycles. The van der Waals surface area contributed by atoms with Gasteiger partial charge < -0.3 is 10.5 Å². The maximum absolute atomic E-state index is 11.6. The van der Waals surface area contributed by atoms with Crippen molar-refractivity contribution in [2.45, 2.75) is 13.3 Å². The molecule has 1 aromatic carbocycles. The van der Waals surface area contributed by atoms with E-state index >= 15 is 0 Å². The predicted octanol–water partition coefficient (Wildman–Crippen LogP) is 0.853. The normalized spacial score (nSPS) is 9.61. The van der Waals surface area contributed by atoms with E-state index in [1.54, 1.807) is 31.2 Å². The molecule has 3 amide bonds. The smallest absolute Gasteiger partial charge is 0.318 e. The van der Waals surface area contributed by atoms with Crippen LogP contribution < -0.4 is 15.8 Å². The van der Waals surface area contributed by atoms with E-state index < -0.39 is 11.9 Å². The van der Waals surface area contributed by atoms with Gasteiger partial charge in [0.2, 0.25) is 0 Å². The fourth-order valence-electron chi connectivity index (χ4n) is 1.33. The molecule has 96 valence electrons. The van der Waals surface area contributed by atoms with Crippen molar-refractivity contribution in [3.05, 3.63) is 29.8 Å². The molecule has 0 saturated heterocycles. The number of para-hydroxylation sites is 1. The standard InChI is InChI=1S/C12H14N2O4/c1-2-9(15)8-5-3-4-6-10(8)18-7-11(16)14-12(13)17/h3-6H,2,7H2,1H3,(H3,13,14,16,17). The topological polar surface area (TPSA) is 98.5 Å². The Kier molecular flexibility index (Phi) is 4.86. The number of hydrogen-bond donors (Lipinski definition) is 2. The highest BCUT2D eigenvalue weighted by molar-refractivity contribution is 5.98. The highest BCUT2D eigenvalue weighted by Crippen LogP contribution is 2.19. The highest BCUT2D eigenvalue weighted by Gasteiger charge is 2.12. The van der Waals surface area contributed by atoms with E-state index in [1.807, 2.05) is 5.32 Å². The molecule has 1 rings (SSSR count). The van der Waals surface area contributed by atoms with Gasteiger partial charge in [0.1, 0.15) is 5.75 Å². The number of nitrogens with two attached hydrogens (primary N) is 1. The molecule has 0 heterocycles. The molecule has 0 fully saturated rings. The summed E-state index contributed by atoms with van der Waals surface area (Å²) in [7, 11) is 0. The van der Waals surface area contributed by atoms with Gasteiger partial charge in [-0.15, -0.1) is 0 Å². The predicted molar refractivity (Wildman–Crippen MR) is 64.3 cm³/mol. The van der Waals surface area contributed by atoms with Crippen LogP contribution in [0.1, 0.15) is 23.7 Å². The van der Waals surface area contributed by atoms with Crippen molar-refractivity contribution < 1.29 is 19.1 Å². The number of primary amides is 1. The van der Waals surface area contributed by atoms with Gasteiger partial charge in [0.15, 0.2) is 12.4 Å². The number of urea groups is 1. The van der Waals surface area contributed by atoms with Gasteiger partial charge in [0.25, 0.3) is 5.91 Å². The summed E-state index contributed by atoms with van der Waals surface area (Å²) in [5.74, 6) is -0.439. The lowest BCUT2D eigenvalue weighted by Crippen LogP contribution is -2.38. The van der Waals surface area contributed by atoms with Crippen LogP contribution in [0.25, 0.3) is 0 Å². The van der Waals surface area contributed by atoms with Crippen LogP contribution in [-0.4, -0.2) is 24.3 Å². The number of Topliss-reactive ketones (excluding diaryl/α,β-unsaturated/α-hetero) is 1. The van der Waals surface area contributed by atoms with E-state index in [1.165, 1.54) is 0 Å². The van der Waals surface area contributed by atoms with E-state index in [-0.39, 0.29) is 12.4 Å². The number of benzene rings is 1. The first-order valence-electron chi connectivity index (χ1n) is 5.39. The van der Waals surface area contributed by atoms with Crippen molar-refractivity contribution >= 4 is 17.7 Å². The second-order valence-electron chi connectivity index (χ2n) is 3.47. The first-order valence-corrected chi connectivity index (χ1v) is 5.39. The summed E-state index contributed by atoms with van der Waals surface area (Å²) in [6.45, 7) is 1.36. The van der Waals surface area contributed by atoms with Gasteiger partial charge in [-0.2, -0.15) is 0 Å². The molecule has 0 aromatic heterocycles. The number of rotatable bonds is 5. The van der Waals surface area contributed by atoms with Crippen LogP contribution in [-0.2, 0) is 4.79 Å². The summed E-state index contributed by atoms with van der Waals surface area (Å²) < 4.78 is 5.18. The number of ketones is 1. The van der Waals surface area contributed by atoms with Crippen LogP contribution in [0.4, 0.5) is 4.79 Å². The molecule has 6 nitrogen and oxygen atoms in total. The van der Waals surface area contributed by atoms with E-state index in [2.05, 4.69) is 0 Å². The molecule has 0 aliphatic carbocycles. The van der Waals surface area contributed by atoms with E-state index in [9.17, 15) is 14.4 Å². The zero-order valence-corrected chi connectivity index (χ0v) is 9.93. The van der Waals surface area contributed by atoms with Crippen molar-refractivity contribution in [2.24, 2.45) is 5.73 Å². The van der Waals surface area contributed by atoms with Crippen LogP contribution in [0.3, 0.4) is 0 Å². The summed E-state index contributed by atoms with van der Waals surface area (Å²) in [6, 6.07) is 5.65. The summed E-state index contributed by atoms with van der Waals surface area (Å²) in [5.41, 5.74) is 5.19. The fraction of sp³-hybridized carbons (Fsp3) is 0.250. The number of ether oxygens (including phenoxy) is 1. The second-order valence-corrected chi connectivity index (χ2v) is 3.47. The van der Waals surface area contributed by atoms with Crippen LogP contribution in [0.15, 0.2) is 24.3 Å². The van der Waals surface area contributed by atoms with Gasteiger partial charge in [-0.25, -0.2) is 4.79 Å². The molecule has 18 heavy (non-hydrogen) atoms. The maximum atomic E-state index is 11.6. The van der Waals surface area contributed by atoms with Crippen molar-refractivity contribution in [3.8, 4) is 5.75 Å². The first-order chi connectivity index (χ1) is 8.54. The SMILES string of the molecule is CCC(=O)c1ccccc1OCC(=O)NC(N)=O. The molecule has 3 N–H and O–H groups in total. The molecule has 0 radical (unpaired) electrons. The number of imide groups is 1. The minimum absolute atomic E-state index is 0.0825. The van der Waals surface area contributed by atoms with Gasteiger partial charge in [-0.1, -0.05) is 19.1 Å². The quantitative estimate of drug-likeness (QED) is 0.757. The zero-order chi connectivity index (χ0) is 13.5. The Morgan fingerprint density at radius 2 is 1.94 bits per heavy atom. The number of carbonyl (C=O) groups is 3. The minimum atomic E-state index is -0.943. The number of nitrogens with one attached hydrogen (secondary N) is 1. The van der Waals surface area contributed by atoms with E-state index in [0.29, 0.717) is 17.7 Å². The fourth-order valence-corrected chi connectivity index (χ4v) is 1.33. The van der Waals surface area contributed by atoms with Gasteiger partial charge in [0.05, 0.1) is 5.56 Å². The van der Waals surface area contributed by atoms with E-state index in [0.717, 1.165) is 0 Å². The maximum Gasteiger partial charge on any atom is 0.318 e. The lowest BCUT2D eigenvalue weighted by molar-refractivity contribution is -0.121. The Bertz CT molecular complexity index is 471. The molecule has 0 unspecified atom stereocenters. The molecular formula is C12H14N2O4. The van der Waals surface area contributed by atoms with Crippen LogP contribution in [0.5, 0.6) is 5.75 Å². The van der Waals surface area contributed by atoms with Gasteiger partial charge in [-0.05, 0) is 12.1 Å². The summed E-state index contributed by atoms with van der Waals surface area (Å²) >= 11 is 0. The Balaban J connectivity index is 2.70. The van der Waals surface area contributed by atoms with Crippen LogP contribution in [0.2, 0.25) is 0 Å². The molecule has 1 aromatic rings. The van der Waals surface area contributed by atoms with Gasteiger partial charge in [0, 0.05) is 6.42 Å². The summed E-state index contributed by atoms with van der Waals surface area (Å²) in [4.78, 5) is 33.2. The van der Waals surface area contributed by atoms with Crippen molar-refractivity contribution in [2.75, 3.05) is 6.61 Å². The Morgan fingerprint density at radius 1 is 1.28 bits per heavy atom. The lowest BCUT2D eigenvalue weighted by Gasteiger charge is -2.09. The molecule has 0 aliphatic rings.